The van der Waals surface area contributed by atoms with Crippen LogP contribution in [0.25, 0.3) is 0 Å². The Kier molecular flexibility index (Phi) is 3.46. The monoisotopic (exact) mass is 208 g/mol. The number of rotatable bonds is 1. The van der Waals surface area contributed by atoms with Gasteiger partial charge in [-0.1, -0.05) is 0 Å². The highest BCUT2D eigenvalue weighted by Gasteiger charge is 2.19. The molecule has 1 heterocycles. The molecule has 1 N–H and O–H groups in total. The summed E-state index contributed by atoms with van der Waals surface area (Å²) in [6.07, 6.45) is 2.66. The Morgan fingerprint density at radius 1 is 1.33 bits per heavy atom. The van der Waals surface area contributed by atoms with Crippen molar-refractivity contribution in [3.8, 4) is 11.8 Å². The van der Waals surface area contributed by atoms with E-state index in [0.717, 1.165) is 19.3 Å². The summed E-state index contributed by atoms with van der Waals surface area (Å²) >= 11 is 0. The van der Waals surface area contributed by atoms with E-state index in [4.69, 9.17) is 4.74 Å². The number of hydrogen-bond donors (Lipinski definition) is 1. The number of urea groups is 1. The molecule has 1 aliphatic heterocycles. The van der Waals surface area contributed by atoms with Gasteiger partial charge in [-0.15, -0.1) is 11.8 Å². The molecule has 0 saturated carbocycles. The molecule has 1 saturated heterocycles. The fourth-order valence-electron chi connectivity index (χ4n) is 1.79. The van der Waals surface area contributed by atoms with Gasteiger partial charge in [-0.3, -0.25) is 0 Å². The van der Waals surface area contributed by atoms with Crippen molar-refractivity contribution in [2.24, 2.45) is 0 Å². The molecule has 1 fully saturated rings. The molecule has 82 valence electrons. The number of nitrogens with zero attached hydrogens (tertiary/aromatic N) is 1. The van der Waals surface area contributed by atoms with E-state index < -0.39 is 0 Å². The molecule has 2 aliphatic rings. The van der Waals surface area contributed by atoms with Crippen LogP contribution >= 0.6 is 0 Å². The van der Waals surface area contributed by atoms with E-state index in [9.17, 15) is 4.79 Å². The van der Waals surface area contributed by atoms with Gasteiger partial charge in [-0.05, 0) is 6.42 Å². The van der Waals surface area contributed by atoms with E-state index in [1.807, 2.05) is 4.90 Å². The molecule has 0 spiro atoms. The zero-order valence-electron chi connectivity index (χ0n) is 8.79. The number of hydrogen-bond acceptors (Lipinski definition) is 2. The standard InChI is InChI=1S/C11H16N2O2/c14-11(13-6-8-15-9-7-13)12-10-4-2-1-3-5-10/h10H,2,4-9H2,(H,12,14). The Morgan fingerprint density at radius 3 is 2.80 bits per heavy atom. The first kappa shape index (κ1) is 10.3. The van der Waals surface area contributed by atoms with Crippen molar-refractivity contribution in [1.29, 1.82) is 0 Å². The minimum absolute atomic E-state index is 0.0343. The van der Waals surface area contributed by atoms with E-state index in [1.165, 1.54) is 0 Å². The van der Waals surface area contributed by atoms with E-state index in [-0.39, 0.29) is 12.1 Å². The number of carbonyl (C=O) groups is 1. The summed E-state index contributed by atoms with van der Waals surface area (Å²) in [6, 6.07) is 0.272. The maximum atomic E-state index is 11.8. The average Bonchev–Trinajstić information content (AvgIpc) is 2.31. The third-order valence-electron chi connectivity index (χ3n) is 2.72. The van der Waals surface area contributed by atoms with Crippen molar-refractivity contribution in [3.63, 3.8) is 0 Å². The second-order valence-corrected chi connectivity index (χ2v) is 3.84. The van der Waals surface area contributed by atoms with E-state index in [2.05, 4.69) is 17.2 Å². The van der Waals surface area contributed by atoms with Crippen LogP contribution in [0.15, 0.2) is 0 Å². The molecule has 4 nitrogen and oxygen atoms in total. The highest BCUT2D eigenvalue weighted by Crippen LogP contribution is 2.07. The Labute approximate surface area is 90.0 Å². The van der Waals surface area contributed by atoms with Crippen LogP contribution in [0.5, 0.6) is 0 Å². The minimum Gasteiger partial charge on any atom is -0.378 e. The molecule has 4 heteroatoms. The van der Waals surface area contributed by atoms with Gasteiger partial charge in [0, 0.05) is 32.0 Å². The van der Waals surface area contributed by atoms with Crippen molar-refractivity contribution >= 4 is 6.03 Å². The number of carbonyl (C=O) groups excluding carboxylic acids is 1. The summed E-state index contributed by atoms with van der Waals surface area (Å²) in [5.74, 6) is 6.07. The second-order valence-electron chi connectivity index (χ2n) is 3.84. The van der Waals surface area contributed by atoms with E-state index >= 15 is 0 Å². The summed E-state index contributed by atoms with van der Waals surface area (Å²) in [5, 5.41) is 3.02. The zero-order valence-corrected chi connectivity index (χ0v) is 8.79. The molecule has 0 radical (unpaired) electrons. The summed E-state index contributed by atoms with van der Waals surface area (Å²) < 4.78 is 5.20. The molecule has 0 aromatic rings. The van der Waals surface area contributed by atoms with Crippen molar-refractivity contribution in [2.75, 3.05) is 26.3 Å². The first-order chi connectivity index (χ1) is 7.36. The Balaban J connectivity index is 1.78. The number of amides is 2. The predicted octanol–water partition coefficient (Wildman–Crippen LogP) is 0.584. The first-order valence-electron chi connectivity index (χ1n) is 5.45. The van der Waals surface area contributed by atoms with Crippen LogP contribution in [0.3, 0.4) is 0 Å². The van der Waals surface area contributed by atoms with Crippen LogP contribution in [-0.4, -0.2) is 43.3 Å². The van der Waals surface area contributed by atoms with Crippen LogP contribution < -0.4 is 5.32 Å². The van der Waals surface area contributed by atoms with Gasteiger partial charge in [-0.25, -0.2) is 4.79 Å². The molecule has 1 unspecified atom stereocenters. The highest BCUT2D eigenvalue weighted by atomic mass is 16.5. The Hall–Kier alpha value is -1.21. The summed E-state index contributed by atoms with van der Waals surface area (Å²) in [7, 11) is 0. The molecule has 2 amide bonds. The molecule has 0 bridgehead atoms. The van der Waals surface area contributed by atoms with Crippen LogP contribution in [0.2, 0.25) is 0 Å². The maximum Gasteiger partial charge on any atom is 0.317 e. The smallest absolute Gasteiger partial charge is 0.317 e. The van der Waals surface area contributed by atoms with Gasteiger partial charge < -0.3 is 15.0 Å². The summed E-state index contributed by atoms with van der Waals surface area (Å²) in [5.41, 5.74) is 0. The Bertz CT molecular complexity index is 287. The number of morpholine rings is 1. The summed E-state index contributed by atoms with van der Waals surface area (Å²) in [6.45, 7) is 2.70. The van der Waals surface area contributed by atoms with Gasteiger partial charge >= 0.3 is 6.03 Å². The minimum atomic E-state index is 0.0343. The van der Waals surface area contributed by atoms with Crippen LogP contribution in [-0.2, 0) is 4.74 Å². The lowest BCUT2D eigenvalue weighted by Gasteiger charge is -2.29. The molecule has 0 aromatic carbocycles. The molecule has 1 atom stereocenters. The third-order valence-corrected chi connectivity index (χ3v) is 2.72. The zero-order chi connectivity index (χ0) is 10.5. The molecular formula is C11H16N2O2. The van der Waals surface area contributed by atoms with E-state index in [0.29, 0.717) is 26.3 Å². The number of nitrogens with one attached hydrogen (secondary N) is 1. The lowest BCUT2D eigenvalue weighted by molar-refractivity contribution is 0.0524. The van der Waals surface area contributed by atoms with Gasteiger partial charge in [0.15, 0.2) is 0 Å². The molecule has 15 heavy (non-hydrogen) atoms. The van der Waals surface area contributed by atoms with Crippen molar-refractivity contribution in [3.05, 3.63) is 0 Å². The normalized spacial score (nSPS) is 25.3. The first-order valence-corrected chi connectivity index (χ1v) is 5.45. The van der Waals surface area contributed by atoms with Crippen molar-refractivity contribution in [2.45, 2.75) is 25.3 Å². The summed E-state index contributed by atoms with van der Waals surface area (Å²) in [4.78, 5) is 13.6. The topological polar surface area (TPSA) is 41.6 Å². The quantitative estimate of drug-likeness (QED) is 0.641. The van der Waals surface area contributed by atoms with Gasteiger partial charge in [-0.2, -0.15) is 0 Å². The van der Waals surface area contributed by atoms with Crippen LogP contribution in [0.4, 0.5) is 4.79 Å². The van der Waals surface area contributed by atoms with Crippen LogP contribution in [0.1, 0.15) is 19.3 Å². The molecule has 2 rings (SSSR count). The lowest BCUT2D eigenvalue weighted by atomic mass is 10.0. The van der Waals surface area contributed by atoms with Gasteiger partial charge in [0.05, 0.1) is 13.2 Å². The lowest BCUT2D eigenvalue weighted by Crippen LogP contribution is -2.49. The number of ether oxygens (including phenoxy) is 1. The third kappa shape index (κ3) is 2.87. The Morgan fingerprint density at radius 2 is 2.13 bits per heavy atom. The van der Waals surface area contributed by atoms with Crippen molar-refractivity contribution < 1.29 is 9.53 Å². The maximum absolute atomic E-state index is 11.8. The SMILES string of the molecule is O=C(NC1CC#CCC1)N1CCOCC1. The van der Waals surface area contributed by atoms with Crippen molar-refractivity contribution in [1.82, 2.24) is 10.2 Å². The predicted molar refractivity (Wildman–Crippen MR) is 56.3 cm³/mol. The fourth-order valence-corrected chi connectivity index (χ4v) is 1.79. The molecule has 0 aromatic heterocycles. The highest BCUT2D eigenvalue weighted by molar-refractivity contribution is 5.74. The fraction of sp³-hybridized carbons (Fsp3) is 0.727. The molecular weight excluding hydrogens is 192 g/mol. The largest absolute Gasteiger partial charge is 0.378 e. The van der Waals surface area contributed by atoms with Crippen LogP contribution in [0, 0.1) is 11.8 Å². The second kappa shape index (κ2) is 5.04. The van der Waals surface area contributed by atoms with Gasteiger partial charge in [0.2, 0.25) is 0 Å². The average molecular weight is 208 g/mol. The van der Waals surface area contributed by atoms with Gasteiger partial charge in [0.1, 0.15) is 0 Å². The van der Waals surface area contributed by atoms with E-state index in [1.54, 1.807) is 0 Å². The van der Waals surface area contributed by atoms with Gasteiger partial charge in [0.25, 0.3) is 0 Å². The molecule has 1 aliphatic carbocycles.